The van der Waals surface area contributed by atoms with Gasteiger partial charge in [-0.1, -0.05) is 24.3 Å². The Kier molecular flexibility index (Phi) is 3.98. The fourth-order valence-corrected chi connectivity index (χ4v) is 3.84. The third kappa shape index (κ3) is 3.01. The molecule has 0 atom stereocenters. The molecule has 1 saturated heterocycles. The van der Waals surface area contributed by atoms with Gasteiger partial charge in [-0.15, -0.1) is 0 Å². The van der Waals surface area contributed by atoms with E-state index >= 15 is 0 Å². The third-order valence-electron chi connectivity index (χ3n) is 5.29. The minimum atomic E-state index is 1.00. The van der Waals surface area contributed by atoms with Crippen LogP contribution in [0.25, 0.3) is 22.0 Å². The van der Waals surface area contributed by atoms with Crippen LogP contribution in [0, 0.1) is 0 Å². The van der Waals surface area contributed by atoms with E-state index in [1.165, 1.54) is 16.8 Å². The molecule has 1 aliphatic heterocycles. The molecular weight excluding hydrogens is 334 g/mol. The summed E-state index contributed by atoms with van der Waals surface area (Å²) >= 11 is 0. The number of H-pyrrole nitrogens is 1. The summed E-state index contributed by atoms with van der Waals surface area (Å²) in [7, 11) is 0. The predicted octanol–water partition coefficient (Wildman–Crippen LogP) is 3.95. The number of rotatable bonds is 3. The smallest absolute Gasteiger partial charge is 0.0723 e. The largest absolute Gasteiger partial charge is 0.368 e. The number of aromatic amines is 1. The fraction of sp³-hybridized carbons (Fsp3) is 0.182. The topological polar surface area (TPSA) is 48.1 Å². The van der Waals surface area contributed by atoms with Gasteiger partial charge in [-0.2, -0.15) is 5.10 Å². The van der Waals surface area contributed by atoms with Crippen LogP contribution in [0.2, 0.25) is 0 Å². The average molecular weight is 355 g/mol. The van der Waals surface area contributed by atoms with Crippen LogP contribution in [0.5, 0.6) is 0 Å². The van der Waals surface area contributed by atoms with Crippen molar-refractivity contribution >= 4 is 22.3 Å². The Morgan fingerprint density at radius 1 is 0.815 bits per heavy atom. The molecule has 2 aromatic heterocycles. The molecular formula is C22H21N5. The van der Waals surface area contributed by atoms with Crippen LogP contribution in [0.4, 0.5) is 11.4 Å². The van der Waals surface area contributed by atoms with E-state index < -0.39 is 0 Å². The van der Waals surface area contributed by atoms with Crippen molar-refractivity contribution in [1.29, 1.82) is 0 Å². The zero-order valence-electron chi connectivity index (χ0n) is 15.0. The lowest BCUT2D eigenvalue weighted by atomic mass is 10.0. The van der Waals surface area contributed by atoms with Gasteiger partial charge in [-0.05, 0) is 35.9 Å². The summed E-state index contributed by atoms with van der Waals surface area (Å²) in [6, 6.07) is 19.2. The molecule has 1 aliphatic rings. The molecule has 134 valence electrons. The molecule has 3 heterocycles. The van der Waals surface area contributed by atoms with Crippen LogP contribution in [0.1, 0.15) is 0 Å². The van der Waals surface area contributed by atoms with Gasteiger partial charge in [0.1, 0.15) is 0 Å². The number of hydrogen-bond acceptors (Lipinski definition) is 4. The van der Waals surface area contributed by atoms with Crippen molar-refractivity contribution < 1.29 is 0 Å². The van der Waals surface area contributed by atoms with Crippen molar-refractivity contribution in [2.45, 2.75) is 0 Å². The lowest BCUT2D eigenvalue weighted by molar-refractivity contribution is 0.655. The van der Waals surface area contributed by atoms with E-state index in [4.69, 9.17) is 0 Å². The Morgan fingerprint density at radius 2 is 1.63 bits per heavy atom. The molecule has 0 saturated carbocycles. The number of hydrogen-bond donors (Lipinski definition) is 1. The predicted molar refractivity (Wildman–Crippen MR) is 110 cm³/mol. The van der Waals surface area contributed by atoms with Gasteiger partial charge in [0.05, 0.1) is 11.7 Å². The molecule has 0 radical (unpaired) electrons. The first-order valence-electron chi connectivity index (χ1n) is 9.31. The van der Waals surface area contributed by atoms with Crippen LogP contribution in [0.15, 0.2) is 73.2 Å². The summed E-state index contributed by atoms with van der Waals surface area (Å²) in [5.74, 6) is 0. The summed E-state index contributed by atoms with van der Waals surface area (Å²) < 4.78 is 0. The number of piperazine rings is 1. The van der Waals surface area contributed by atoms with Gasteiger partial charge in [-0.3, -0.25) is 10.1 Å². The second-order valence-electron chi connectivity index (χ2n) is 6.86. The minimum absolute atomic E-state index is 1.00. The summed E-state index contributed by atoms with van der Waals surface area (Å²) in [5.41, 5.74) is 5.86. The Balaban J connectivity index is 1.44. The summed E-state index contributed by atoms with van der Waals surface area (Å²) in [6.07, 6.45) is 5.70. The van der Waals surface area contributed by atoms with Crippen molar-refractivity contribution in [3.63, 3.8) is 0 Å². The van der Waals surface area contributed by atoms with Gasteiger partial charge in [0.2, 0.25) is 0 Å². The fourth-order valence-electron chi connectivity index (χ4n) is 3.84. The molecule has 2 aromatic carbocycles. The number of benzene rings is 2. The Morgan fingerprint density at radius 3 is 2.41 bits per heavy atom. The second-order valence-corrected chi connectivity index (χ2v) is 6.86. The van der Waals surface area contributed by atoms with Gasteiger partial charge in [0.25, 0.3) is 0 Å². The molecule has 1 N–H and O–H groups in total. The molecule has 4 aromatic rings. The Labute approximate surface area is 158 Å². The summed E-state index contributed by atoms with van der Waals surface area (Å²) in [6.45, 7) is 4.05. The van der Waals surface area contributed by atoms with E-state index in [2.05, 4.69) is 79.6 Å². The third-order valence-corrected chi connectivity index (χ3v) is 5.29. The normalized spacial score (nSPS) is 14.7. The number of anilines is 2. The molecule has 1 fully saturated rings. The van der Waals surface area contributed by atoms with Gasteiger partial charge in [0, 0.05) is 60.9 Å². The molecule has 27 heavy (non-hydrogen) atoms. The van der Waals surface area contributed by atoms with Crippen molar-refractivity contribution in [3.8, 4) is 11.1 Å². The minimum Gasteiger partial charge on any atom is -0.368 e. The lowest BCUT2D eigenvalue weighted by Gasteiger charge is -2.37. The van der Waals surface area contributed by atoms with Crippen LogP contribution in [-0.4, -0.2) is 41.4 Å². The first kappa shape index (κ1) is 15.9. The van der Waals surface area contributed by atoms with Crippen molar-refractivity contribution in [1.82, 2.24) is 15.2 Å². The summed E-state index contributed by atoms with van der Waals surface area (Å²) in [4.78, 5) is 9.49. The van der Waals surface area contributed by atoms with Crippen LogP contribution in [0.3, 0.4) is 0 Å². The number of para-hydroxylation sites is 1. The first-order valence-corrected chi connectivity index (χ1v) is 9.31. The van der Waals surface area contributed by atoms with E-state index in [0.29, 0.717) is 0 Å². The van der Waals surface area contributed by atoms with E-state index in [9.17, 15) is 0 Å². The van der Waals surface area contributed by atoms with Gasteiger partial charge >= 0.3 is 0 Å². The molecule has 5 nitrogen and oxygen atoms in total. The SMILES string of the molecule is c1ccc(N2CCN(c3ccnc4ccc(-c5cn[nH]c5)cc34)CC2)cc1. The van der Waals surface area contributed by atoms with E-state index in [1.807, 2.05) is 18.6 Å². The van der Waals surface area contributed by atoms with Gasteiger partial charge in [-0.25, -0.2) is 0 Å². The monoisotopic (exact) mass is 355 g/mol. The van der Waals surface area contributed by atoms with Crippen molar-refractivity contribution in [3.05, 3.63) is 73.2 Å². The lowest BCUT2D eigenvalue weighted by Crippen LogP contribution is -2.46. The standard InChI is InChI=1S/C22H21N5/c1-2-4-19(5-3-1)26-10-12-27(13-11-26)22-8-9-23-21-7-6-17(14-20(21)22)18-15-24-25-16-18/h1-9,14-16H,10-13H2,(H,24,25). The van der Waals surface area contributed by atoms with Crippen LogP contribution < -0.4 is 9.80 Å². The highest BCUT2D eigenvalue weighted by Gasteiger charge is 2.19. The van der Waals surface area contributed by atoms with E-state index in [1.54, 1.807) is 0 Å². The van der Waals surface area contributed by atoms with Crippen molar-refractivity contribution in [2.75, 3.05) is 36.0 Å². The number of aromatic nitrogens is 3. The van der Waals surface area contributed by atoms with Gasteiger partial charge in [0.15, 0.2) is 0 Å². The molecule has 0 spiro atoms. The van der Waals surface area contributed by atoms with Crippen LogP contribution >= 0.6 is 0 Å². The molecule has 5 heteroatoms. The maximum Gasteiger partial charge on any atom is 0.0723 e. The Hall–Kier alpha value is -3.34. The highest BCUT2D eigenvalue weighted by Crippen LogP contribution is 2.31. The number of nitrogens with zero attached hydrogens (tertiary/aromatic N) is 4. The molecule has 0 amide bonds. The molecule has 0 unspecified atom stereocenters. The number of nitrogens with one attached hydrogen (secondary N) is 1. The van der Waals surface area contributed by atoms with Gasteiger partial charge < -0.3 is 9.80 Å². The molecule has 5 rings (SSSR count). The number of pyridine rings is 1. The quantitative estimate of drug-likeness (QED) is 0.604. The highest BCUT2D eigenvalue weighted by molar-refractivity contribution is 5.94. The maximum atomic E-state index is 4.56. The Bertz CT molecular complexity index is 1030. The van der Waals surface area contributed by atoms with Crippen molar-refractivity contribution in [2.24, 2.45) is 0 Å². The van der Waals surface area contributed by atoms with E-state index in [0.717, 1.165) is 42.8 Å². The maximum absolute atomic E-state index is 4.56. The zero-order chi connectivity index (χ0) is 18.1. The zero-order valence-corrected chi connectivity index (χ0v) is 15.0. The average Bonchev–Trinajstić information content (AvgIpc) is 3.29. The van der Waals surface area contributed by atoms with Crippen LogP contribution in [-0.2, 0) is 0 Å². The first-order chi connectivity index (χ1) is 13.4. The highest BCUT2D eigenvalue weighted by atomic mass is 15.3. The van der Waals surface area contributed by atoms with E-state index in [-0.39, 0.29) is 0 Å². The molecule has 0 bridgehead atoms. The number of fused-ring (bicyclic) bond motifs is 1. The summed E-state index contributed by atoms with van der Waals surface area (Å²) in [5, 5.41) is 8.16. The second kappa shape index (κ2) is 6.76. The molecule has 0 aliphatic carbocycles.